The monoisotopic (exact) mass is 448 g/mol. The van der Waals surface area contributed by atoms with Gasteiger partial charge in [-0.1, -0.05) is 48.5 Å². The summed E-state index contributed by atoms with van der Waals surface area (Å²) < 4.78 is 10.7. The van der Waals surface area contributed by atoms with Crippen LogP contribution in [-0.2, 0) is 19.1 Å². The maximum atomic E-state index is 13.2. The molecule has 2 atom stereocenters. The Morgan fingerprint density at radius 2 is 1.42 bits per heavy atom. The predicted octanol–water partition coefficient (Wildman–Crippen LogP) is 3.56. The van der Waals surface area contributed by atoms with Crippen molar-refractivity contribution in [2.75, 3.05) is 26.8 Å². The third-order valence-corrected chi connectivity index (χ3v) is 7.12. The fourth-order valence-electron chi connectivity index (χ4n) is 5.52. The van der Waals surface area contributed by atoms with Crippen molar-refractivity contribution >= 4 is 18.0 Å². The van der Waals surface area contributed by atoms with E-state index in [1.165, 1.54) is 23.1 Å². The van der Waals surface area contributed by atoms with Crippen LogP contribution in [0.3, 0.4) is 0 Å². The van der Waals surface area contributed by atoms with Gasteiger partial charge in [0.05, 0.1) is 7.11 Å². The zero-order chi connectivity index (χ0) is 22.9. The number of carbonyl (C=O) groups excluding carboxylic acids is 3. The zero-order valence-electron chi connectivity index (χ0n) is 18.7. The van der Waals surface area contributed by atoms with Crippen molar-refractivity contribution in [3.8, 4) is 11.1 Å². The summed E-state index contributed by atoms with van der Waals surface area (Å²) in [7, 11) is 1.34. The van der Waals surface area contributed by atoms with Crippen molar-refractivity contribution in [1.82, 2.24) is 9.80 Å². The molecule has 0 unspecified atom stereocenters. The topological polar surface area (TPSA) is 76.2 Å². The van der Waals surface area contributed by atoms with Crippen LogP contribution in [-0.4, -0.2) is 66.7 Å². The van der Waals surface area contributed by atoms with Gasteiger partial charge in [0.25, 0.3) is 0 Å². The Labute approximate surface area is 193 Å². The number of hydrogen-bond acceptors (Lipinski definition) is 5. The van der Waals surface area contributed by atoms with Crippen molar-refractivity contribution in [3.63, 3.8) is 0 Å². The van der Waals surface area contributed by atoms with E-state index in [1.807, 2.05) is 24.3 Å². The van der Waals surface area contributed by atoms with Crippen LogP contribution in [0.25, 0.3) is 11.1 Å². The molecule has 2 amide bonds. The number of esters is 1. The highest BCUT2D eigenvalue weighted by atomic mass is 16.6. The minimum Gasteiger partial charge on any atom is -0.467 e. The Hall–Kier alpha value is -3.35. The summed E-state index contributed by atoms with van der Waals surface area (Å²) in [5, 5.41) is 0. The molecular formula is C26H28N2O5. The van der Waals surface area contributed by atoms with E-state index in [-0.39, 0.29) is 18.4 Å². The van der Waals surface area contributed by atoms with Crippen LogP contribution < -0.4 is 0 Å². The first-order valence-corrected chi connectivity index (χ1v) is 11.6. The highest BCUT2D eigenvalue weighted by molar-refractivity contribution is 5.90. The normalized spacial score (nSPS) is 21.6. The molecule has 5 rings (SSSR count). The molecule has 0 aromatic heterocycles. The molecule has 7 nitrogen and oxygen atoms in total. The average molecular weight is 449 g/mol. The molecule has 1 aliphatic carbocycles. The molecule has 0 saturated carbocycles. The smallest absolute Gasteiger partial charge is 0.410 e. The summed E-state index contributed by atoms with van der Waals surface area (Å²) in [5.74, 6) is -0.610. The maximum absolute atomic E-state index is 13.2. The molecule has 3 aliphatic rings. The quantitative estimate of drug-likeness (QED) is 0.669. The molecule has 2 saturated heterocycles. The highest BCUT2D eigenvalue weighted by Crippen LogP contribution is 2.44. The Kier molecular flexibility index (Phi) is 5.79. The number of benzene rings is 2. The second kappa shape index (κ2) is 8.89. The Bertz CT molecular complexity index is 1040. The number of methoxy groups -OCH3 is 1. The van der Waals surface area contributed by atoms with Gasteiger partial charge in [-0.3, -0.25) is 9.69 Å². The van der Waals surface area contributed by atoms with Gasteiger partial charge in [-0.25, -0.2) is 9.59 Å². The summed E-state index contributed by atoms with van der Waals surface area (Å²) in [5.41, 5.74) is 4.65. The Morgan fingerprint density at radius 3 is 2.06 bits per heavy atom. The van der Waals surface area contributed by atoms with Crippen LogP contribution in [0.15, 0.2) is 48.5 Å². The lowest BCUT2D eigenvalue weighted by molar-refractivity contribution is -0.152. The summed E-state index contributed by atoms with van der Waals surface area (Å²) in [6, 6.07) is 15.2. The van der Waals surface area contributed by atoms with Gasteiger partial charge in [0.1, 0.15) is 18.7 Å². The summed E-state index contributed by atoms with van der Waals surface area (Å²) in [6.45, 7) is 1.20. The molecule has 2 aromatic carbocycles. The molecule has 2 aliphatic heterocycles. The number of likely N-dealkylation sites (tertiary alicyclic amines) is 2. The molecular weight excluding hydrogens is 420 g/mol. The SMILES string of the molecule is COC(=O)[C@@H]1CCCN1C(=O)[C@@H]1CCCN1C(=O)OCC1c2ccccc2-c2ccccc21. The molecule has 7 heteroatoms. The first-order chi connectivity index (χ1) is 16.1. The van der Waals surface area contributed by atoms with Gasteiger partial charge in [0.15, 0.2) is 0 Å². The number of fused-ring (bicyclic) bond motifs is 3. The second-order valence-corrected chi connectivity index (χ2v) is 8.87. The molecule has 0 spiro atoms. The third-order valence-electron chi connectivity index (χ3n) is 7.12. The van der Waals surface area contributed by atoms with Gasteiger partial charge >= 0.3 is 12.1 Å². The Balaban J connectivity index is 1.28. The molecule has 0 bridgehead atoms. The first kappa shape index (κ1) is 21.5. The van der Waals surface area contributed by atoms with Gasteiger partial charge < -0.3 is 14.4 Å². The van der Waals surface area contributed by atoms with Crippen molar-refractivity contribution < 1.29 is 23.9 Å². The Morgan fingerprint density at radius 1 is 0.848 bits per heavy atom. The average Bonchev–Trinajstić information content (AvgIpc) is 3.59. The molecule has 2 heterocycles. The first-order valence-electron chi connectivity index (χ1n) is 11.6. The van der Waals surface area contributed by atoms with Crippen LogP contribution in [0.2, 0.25) is 0 Å². The summed E-state index contributed by atoms with van der Waals surface area (Å²) in [4.78, 5) is 41.5. The maximum Gasteiger partial charge on any atom is 0.410 e. The number of rotatable bonds is 4. The molecule has 33 heavy (non-hydrogen) atoms. The lowest BCUT2D eigenvalue weighted by atomic mass is 9.98. The minimum atomic E-state index is -0.592. The van der Waals surface area contributed by atoms with E-state index in [2.05, 4.69) is 24.3 Å². The number of nitrogens with zero attached hydrogens (tertiary/aromatic N) is 2. The highest BCUT2D eigenvalue weighted by Gasteiger charge is 2.43. The third kappa shape index (κ3) is 3.75. The van der Waals surface area contributed by atoms with E-state index in [1.54, 1.807) is 4.90 Å². The van der Waals surface area contributed by atoms with E-state index in [0.29, 0.717) is 25.9 Å². The van der Waals surface area contributed by atoms with Crippen molar-refractivity contribution in [2.24, 2.45) is 0 Å². The van der Waals surface area contributed by atoms with Crippen LogP contribution in [0, 0.1) is 0 Å². The molecule has 2 aromatic rings. The molecule has 0 N–H and O–H groups in total. The van der Waals surface area contributed by atoms with Gasteiger partial charge in [0.2, 0.25) is 5.91 Å². The minimum absolute atomic E-state index is 0.0274. The van der Waals surface area contributed by atoms with Crippen molar-refractivity contribution in [3.05, 3.63) is 59.7 Å². The number of hydrogen-bond donors (Lipinski definition) is 0. The van der Waals surface area contributed by atoms with Crippen LogP contribution >= 0.6 is 0 Å². The number of carbonyl (C=O) groups is 3. The fourth-order valence-corrected chi connectivity index (χ4v) is 5.52. The van der Waals surface area contributed by atoms with Gasteiger partial charge in [0, 0.05) is 19.0 Å². The summed E-state index contributed by atoms with van der Waals surface area (Å²) >= 11 is 0. The second-order valence-electron chi connectivity index (χ2n) is 8.87. The predicted molar refractivity (Wildman–Crippen MR) is 122 cm³/mol. The summed E-state index contributed by atoms with van der Waals surface area (Å²) in [6.07, 6.45) is 2.19. The van der Waals surface area contributed by atoms with E-state index in [4.69, 9.17) is 9.47 Å². The van der Waals surface area contributed by atoms with E-state index >= 15 is 0 Å². The van der Waals surface area contributed by atoms with E-state index in [9.17, 15) is 14.4 Å². The largest absolute Gasteiger partial charge is 0.467 e. The number of ether oxygens (including phenoxy) is 2. The van der Waals surface area contributed by atoms with Crippen LogP contribution in [0.4, 0.5) is 4.79 Å². The molecule has 2 fully saturated rings. The van der Waals surface area contributed by atoms with Crippen molar-refractivity contribution in [1.29, 1.82) is 0 Å². The van der Waals surface area contributed by atoms with Gasteiger partial charge in [-0.2, -0.15) is 0 Å². The molecule has 0 radical (unpaired) electrons. The van der Waals surface area contributed by atoms with Crippen LogP contribution in [0.1, 0.15) is 42.7 Å². The standard InChI is InChI=1S/C26H28N2O5/c1-32-25(30)23-13-7-14-27(23)24(29)22-12-6-15-28(22)26(31)33-16-21-19-10-4-2-8-17(19)18-9-3-5-11-20(18)21/h2-5,8-11,21-23H,6-7,12-16H2,1H3/t22-,23-/m0/s1. The van der Waals surface area contributed by atoms with E-state index < -0.39 is 24.1 Å². The van der Waals surface area contributed by atoms with E-state index in [0.717, 1.165) is 24.0 Å². The molecule has 172 valence electrons. The lowest BCUT2D eigenvalue weighted by Crippen LogP contribution is -2.51. The lowest BCUT2D eigenvalue weighted by Gasteiger charge is -2.30. The fraction of sp³-hybridized carbons (Fsp3) is 0.423. The van der Waals surface area contributed by atoms with Gasteiger partial charge in [-0.05, 0) is 47.9 Å². The van der Waals surface area contributed by atoms with Gasteiger partial charge in [-0.15, -0.1) is 0 Å². The number of amides is 2. The van der Waals surface area contributed by atoms with Crippen molar-refractivity contribution in [2.45, 2.75) is 43.7 Å². The van der Waals surface area contributed by atoms with Crippen LogP contribution in [0.5, 0.6) is 0 Å². The zero-order valence-corrected chi connectivity index (χ0v) is 18.7.